The van der Waals surface area contributed by atoms with Crippen molar-refractivity contribution in [3.63, 3.8) is 0 Å². The van der Waals surface area contributed by atoms with Gasteiger partial charge in [0.25, 0.3) is 7.41 Å². The Morgan fingerprint density at radius 1 is 1.50 bits per heavy atom. The van der Waals surface area contributed by atoms with Crippen molar-refractivity contribution >= 4 is 21.2 Å². The largest absolute Gasteiger partial charge is 0.398 e. The Morgan fingerprint density at radius 2 is 2.28 bits per heavy atom. The molecule has 3 radical (unpaired) electrons. The van der Waals surface area contributed by atoms with E-state index >= 15 is 0 Å². The highest BCUT2D eigenvalue weighted by atomic mass is 16.1. The number of hydrogen-bond acceptors (Lipinski definition) is 1. The Hall–Kier alpha value is -1.18. The fourth-order valence-electron chi connectivity index (χ4n) is 1.95. The number of carbonyl (C=O) groups is 1. The fourth-order valence-corrected chi connectivity index (χ4v) is 1.95. The van der Waals surface area contributed by atoms with E-state index in [2.05, 4.69) is 43.4 Å². The molecular weight excluding hydrogens is 220 g/mol. The SMILES string of the molecule is [B]CCC(=O)N[B]C1=CC=CC(C)(CCC)C=C1. The van der Waals surface area contributed by atoms with Crippen LogP contribution in [-0.2, 0) is 4.79 Å². The predicted molar refractivity (Wildman–Crippen MR) is 78.5 cm³/mol. The zero-order chi connectivity index (χ0) is 13.4. The summed E-state index contributed by atoms with van der Waals surface area (Å²) in [4.78, 5) is 11.3. The Bertz CT molecular complexity index is 374. The highest BCUT2D eigenvalue weighted by Gasteiger charge is 2.17. The van der Waals surface area contributed by atoms with Gasteiger partial charge in [-0.2, -0.15) is 0 Å². The number of carbonyl (C=O) groups excluding carboxylic acids is 1. The van der Waals surface area contributed by atoms with E-state index in [1.165, 1.54) is 0 Å². The average Bonchev–Trinajstić information content (AvgIpc) is 2.50. The molecule has 1 aliphatic rings. The Kier molecular flexibility index (Phi) is 6.03. The van der Waals surface area contributed by atoms with Gasteiger partial charge >= 0.3 is 0 Å². The third kappa shape index (κ3) is 4.99. The third-order valence-corrected chi connectivity index (χ3v) is 2.98. The number of rotatable bonds is 6. The van der Waals surface area contributed by atoms with Crippen LogP contribution >= 0.6 is 0 Å². The average molecular weight is 240 g/mol. The van der Waals surface area contributed by atoms with E-state index in [-0.39, 0.29) is 11.3 Å². The standard InChI is InChI=1S/C14H20B2NO/c1-3-8-14(2)9-4-5-12(6-10-14)16-17-13(18)7-11-15/h4-6,9-10H,3,7-8,11H2,1-2H3,(H,17,18). The number of amides is 1. The molecule has 1 N–H and O–H groups in total. The molecule has 0 saturated carbocycles. The predicted octanol–water partition coefficient (Wildman–Crippen LogP) is 2.52. The first kappa shape index (κ1) is 14.9. The minimum Gasteiger partial charge on any atom is -0.398 e. The molecule has 0 spiro atoms. The molecule has 93 valence electrons. The molecule has 18 heavy (non-hydrogen) atoms. The lowest BCUT2D eigenvalue weighted by atomic mass is 9.79. The molecule has 1 rings (SSSR count). The van der Waals surface area contributed by atoms with Crippen molar-refractivity contribution in [3.8, 4) is 0 Å². The van der Waals surface area contributed by atoms with Crippen LogP contribution in [0.5, 0.6) is 0 Å². The van der Waals surface area contributed by atoms with E-state index in [0.29, 0.717) is 12.7 Å². The summed E-state index contributed by atoms with van der Waals surface area (Å²) in [6.07, 6.45) is 13.5. The monoisotopic (exact) mass is 240 g/mol. The first-order chi connectivity index (χ1) is 8.59. The van der Waals surface area contributed by atoms with Crippen LogP contribution in [0.3, 0.4) is 0 Å². The van der Waals surface area contributed by atoms with Crippen LogP contribution in [0.15, 0.2) is 35.9 Å². The van der Waals surface area contributed by atoms with E-state index < -0.39 is 0 Å². The van der Waals surface area contributed by atoms with Crippen molar-refractivity contribution < 1.29 is 4.79 Å². The van der Waals surface area contributed by atoms with Crippen LogP contribution in [0.2, 0.25) is 6.32 Å². The molecule has 0 aliphatic heterocycles. The second-order valence-electron chi connectivity index (χ2n) is 4.87. The molecule has 0 aromatic heterocycles. The van der Waals surface area contributed by atoms with Gasteiger partial charge in [-0.05, 0) is 6.42 Å². The normalized spacial score (nSPS) is 22.2. The summed E-state index contributed by atoms with van der Waals surface area (Å²) < 4.78 is 0. The van der Waals surface area contributed by atoms with Crippen LogP contribution in [0, 0.1) is 5.41 Å². The number of hydrogen-bond donors (Lipinski definition) is 1. The summed E-state index contributed by atoms with van der Waals surface area (Å²) >= 11 is 0. The van der Waals surface area contributed by atoms with Crippen LogP contribution in [0.25, 0.3) is 0 Å². The minimum absolute atomic E-state index is 0.0450. The fraction of sp³-hybridized carbons (Fsp3) is 0.500. The van der Waals surface area contributed by atoms with Crippen molar-refractivity contribution in [2.45, 2.75) is 39.4 Å². The lowest BCUT2D eigenvalue weighted by Gasteiger charge is -2.20. The highest BCUT2D eigenvalue weighted by Crippen LogP contribution is 2.28. The maximum Gasteiger partial charge on any atom is 0.284 e. The summed E-state index contributed by atoms with van der Waals surface area (Å²) in [5.74, 6) is -0.0450. The molecule has 0 saturated heterocycles. The number of nitrogens with one attached hydrogen (secondary N) is 1. The van der Waals surface area contributed by atoms with E-state index in [0.717, 1.165) is 18.3 Å². The summed E-state index contributed by atoms with van der Waals surface area (Å²) in [5.41, 5.74) is 1.11. The van der Waals surface area contributed by atoms with E-state index in [4.69, 9.17) is 7.85 Å². The molecule has 1 atom stereocenters. The van der Waals surface area contributed by atoms with Gasteiger partial charge in [0, 0.05) is 11.8 Å². The molecule has 1 amide bonds. The zero-order valence-corrected chi connectivity index (χ0v) is 11.3. The van der Waals surface area contributed by atoms with E-state index in [1.807, 2.05) is 6.08 Å². The lowest BCUT2D eigenvalue weighted by Crippen LogP contribution is -2.28. The Balaban J connectivity index is 2.53. The molecule has 2 nitrogen and oxygen atoms in total. The highest BCUT2D eigenvalue weighted by molar-refractivity contribution is 6.47. The topological polar surface area (TPSA) is 29.1 Å². The first-order valence-electron chi connectivity index (χ1n) is 6.51. The Morgan fingerprint density at radius 3 is 2.94 bits per heavy atom. The molecule has 1 aliphatic carbocycles. The second-order valence-corrected chi connectivity index (χ2v) is 4.87. The summed E-state index contributed by atoms with van der Waals surface area (Å²) in [6.45, 7) is 4.40. The van der Waals surface area contributed by atoms with Crippen LogP contribution < -0.4 is 5.23 Å². The van der Waals surface area contributed by atoms with Gasteiger partial charge < -0.3 is 5.23 Å². The van der Waals surface area contributed by atoms with Crippen molar-refractivity contribution in [2.24, 2.45) is 5.41 Å². The van der Waals surface area contributed by atoms with Crippen molar-refractivity contribution in [1.29, 1.82) is 0 Å². The Labute approximate surface area is 112 Å². The quantitative estimate of drug-likeness (QED) is 0.710. The molecule has 0 fully saturated rings. The summed E-state index contributed by atoms with van der Waals surface area (Å²) in [5, 5.41) is 2.74. The molecule has 0 bridgehead atoms. The van der Waals surface area contributed by atoms with Gasteiger partial charge in [-0.3, -0.25) is 4.79 Å². The van der Waals surface area contributed by atoms with Gasteiger partial charge in [-0.1, -0.05) is 62.4 Å². The first-order valence-corrected chi connectivity index (χ1v) is 6.51. The van der Waals surface area contributed by atoms with Gasteiger partial charge in [0.2, 0.25) is 5.91 Å². The van der Waals surface area contributed by atoms with Crippen molar-refractivity contribution in [3.05, 3.63) is 35.9 Å². The summed E-state index contributed by atoms with van der Waals surface area (Å²) in [6, 6.07) is 0. The molecule has 0 aromatic carbocycles. The zero-order valence-electron chi connectivity index (χ0n) is 11.3. The molecule has 0 heterocycles. The van der Waals surface area contributed by atoms with Gasteiger partial charge in [0.15, 0.2) is 0 Å². The van der Waals surface area contributed by atoms with E-state index in [1.54, 1.807) is 7.41 Å². The van der Waals surface area contributed by atoms with Crippen LogP contribution in [-0.4, -0.2) is 21.2 Å². The molecule has 0 aromatic rings. The maximum absolute atomic E-state index is 11.3. The van der Waals surface area contributed by atoms with Crippen LogP contribution in [0.1, 0.15) is 33.1 Å². The smallest absolute Gasteiger partial charge is 0.284 e. The maximum atomic E-state index is 11.3. The lowest BCUT2D eigenvalue weighted by molar-refractivity contribution is -0.119. The van der Waals surface area contributed by atoms with Gasteiger partial charge in [0.1, 0.15) is 0 Å². The van der Waals surface area contributed by atoms with Crippen LogP contribution in [0.4, 0.5) is 0 Å². The van der Waals surface area contributed by atoms with Crippen molar-refractivity contribution in [1.82, 2.24) is 5.23 Å². The molecule has 4 heteroatoms. The third-order valence-electron chi connectivity index (χ3n) is 2.98. The van der Waals surface area contributed by atoms with E-state index in [9.17, 15) is 4.79 Å². The van der Waals surface area contributed by atoms with Gasteiger partial charge in [-0.15, -0.1) is 0 Å². The molecule has 1 unspecified atom stereocenters. The second kappa shape index (κ2) is 7.30. The summed E-state index contributed by atoms with van der Waals surface area (Å²) in [7, 11) is 7.05. The van der Waals surface area contributed by atoms with Crippen molar-refractivity contribution in [2.75, 3.05) is 0 Å². The number of allylic oxidation sites excluding steroid dienone is 6. The minimum atomic E-state index is -0.0450. The van der Waals surface area contributed by atoms with Gasteiger partial charge in [0.05, 0.1) is 7.85 Å². The molecular formula is C14H20B2NO. The van der Waals surface area contributed by atoms with Gasteiger partial charge in [-0.25, -0.2) is 0 Å².